The molecule has 0 bridgehead atoms. The largest absolute Gasteiger partial charge is 0.293 e. The summed E-state index contributed by atoms with van der Waals surface area (Å²) in [5, 5.41) is 0. The highest BCUT2D eigenvalue weighted by Gasteiger charge is 2.37. The zero-order valence-electron chi connectivity index (χ0n) is 8.52. The third-order valence-electron chi connectivity index (χ3n) is 2.58. The summed E-state index contributed by atoms with van der Waals surface area (Å²) in [6.07, 6.45) is -0.0256. The first-order valence-corrected chi connectivity index (χ1v) is 6.58. The standard InChI is InChI=1S/C11H11Br2F2N/c12-9-3-8(4-10(13)5-9)6-16-2-1-11(14,15)7-16/h3-5H,1-2,6-7H2. The minimum Gasteiger partial charge on any atom is -0.293 e. The number of alkyl halides is 2. The Balaban J connectivity index is 2.05. The van der Waals surface area contributed by atoms with Crippen LogP contribution in [0.1, 0.15) is 12.0 Å². The molecule has 0 N–H and O–H groups in total. The van der Waals surface area contributed by atoms with Crippen molar-refractivity contribution in [3.63, 3.8) is 0 Å². The van der Waals surface area contributed by atoms with Gasteiger partial charge in [-0.2, -0.15) is 0 Å². The third-order valence-corrected chi connectivity index (χ3v) is 3.49. The zero-order chi connectivity index (χ0) is 11.8. The molecular weight excluding hydrogens is 344 g/mol. The molecule has 0 amide bonds. The summed E-state index contributed by atoms with van der Waals surface area (Å²) in [5.41, 5.74) is 1.04. The van der Waals surface area contributed by atoms with Crippen molar-refractivity contribution in [3.8, 4) is 0 Å². The van der Waals surface area contributed by atoms with Crippen LogP contribution in [0.15, 0.2) is 27.1 Å². The van der Waals surface area contributed by atoms with Gasteiger partial charge < -0.3 is 0 Å². The predicted molar refractivity (Wildman–Crippen MR) is 66.7 cm³/mol. The second-order valence-electron chi connectivity index (χ2n) is 4.09. The van der Waals surface area contributed by atoms with Crippen molar-refractivity contribution in [1.82, 2.24) is 4.90 Å². The summed E-state index contributed by atoms with van der Waals surface area (Å²) in [5.74, 6) is -2.51. The van der Waals surface area contributed by atoms with Crippen molar-refractivity contribution in [2.75, 3.05) is 13.1 Å². The van der Waals surface area contributed by atoms with Crippen LogP contribution in [0.4, 0.5) is 8.78 Å². The van der Waals surface area contributed by atoms with Crippen LogP contribution in [0.25, 0.3) is 0 Å². The number of halogens is 4. The second kappa shape index (κ2) is 4.70. The molecule has 0 spiro atoms. The van der Waals surface area contributed by atoms with E-state index in [9.17, 15) is 8.78 Å². The van der Waals surface area contributed by atoms with Crippen molar-refractivity contribution < 1.29 is 8.78 Å². The average molecular weight is 355 g/mol. The summed E-state index contributed by atoms with van der Waals surface area (Å²) >= 11 is 6.78. The Morgan fingerprint density at radius 2 is 1.81 bits per heavy atom. The van der Waals surface area contributed by atoms with Crippen LogP contribution in [-0.2, 0) is 6.54 Å². The fraction of sp³-hybridized carbons (Fsp3) is 0.455. The molecule has 0 aliphatic carbocycles. The normalized spacial score (nSPS) is 20.2. The predicted octanol–water partition coefficient (Wildman–Crippen LogP) is 4.05. The van der Waals surface area contributed by atoms with E-state index in [0.717, 1.165) is 14.5 Å². The fourth-order valence-electron chi connectivity index (χ4n) is 1.90. The molecule has 1 fully saturated rings. The summed E-state index contributed by atoms with van der Waals surface area (Å²) in [6, 6.07) is 5.85. The van der Waals surface area contributed by atoms with E-state index in [-0.39, 0.29) is 13.0 Å². The molecule has 2 rings (SSSR count). The molecule has 1 heterocycles. The Labute approximate surface area is 110 Å². The lowest BCUT2D eigenvalue weighted by Crippen LogP contribution is -2.24. The number of benzene rings is 1. The summed E-state index contributed by atoms with van der Waals surface area (Å²) in [4.78, 5) is 1.79. The van der Waals surface area contributed by atoms with Crippen LogP contribution in [0.5, 0.6) is 0 Å². The topological polar surface area (TPSA) is 3.24 Å². The van der Waals surface area contributed by atoms with Gasteiger partial charge in [-0.05, 0) is 23.8 Å². The van der Waals surface area contributed by atoms with E-state index < -0.39 is 5.92 Å². The molecule has 16 heavy (non-hydrogen) atoms. The van der Waals surface area contributed by atoms with Gasteiger partial charge in [-0.15, -0.1) is 0 Å². The molecule has 1 nitrogen and oxygen atoms in total. The van der Waals surface area contributed by atoms with E-state index in [2.05, 4.69) is 31.9 Å². The van der Waals surface area contributed by atoms with E-state index in [4.69, 9.17) is 0 Å². The Kier molecular flexibility index (Phi) is 3.66. The van der Waals surface area contributed by atoms with Crippen molar-refractivity contribution in [3.05, 3.63) is 32.7 Å². The Morgan fingerprint density at radius 3 is 2.31 bits per heavy atom. The van der Waals surface area contributed by atoms with Crippen LogP contribution in [0, 0.1) is 0 Å². The fourth-order valence-corrected chi connectivity index (χ4v) is 3.29. The van der Waals surface area contributed by atoms with Gasteiger partial charge in [-0.25, -0.2) is 8.78 Å². The molecule has 0 aromatic heterocycles. The summed E-state index contributed by atoms with van der Waals surface area (Å²) in [7, 11) is 0. The minimum absolute atomic E-state index is 0.0256. The SMILES string of the molecule is FC1(F)CCN(Cc2cc(Br)cc(Br)c2)C1. The number of hydrogen-bond donors (Lipinski definition) is 0. The molecule has 1 aromatic rings. The number of hydrogen-bond acceptors (Lipinski definition) is 1. The van der Waals surface area contributed by atoms with E-state index in [1.807, 2.05) is 18.2 Å². The highest BCUT2D eigenvalue weighted by atomic mass is 79.9. The van der Waals surface area contributed by atoms with Gasteiger partial charge in [-0.1, -0.05) is 31.9 Å². The van der Waals surface area contributed by atoms with Gasteiger partial charge in [0, 0.05) is 28.5 Å². The highest BCUT2D eigenvalue weighted by molar-refractivity contribution is 9.11. The highest BCUT2D eigenvalue weighted by Crippen LogP contribution is 2.29. The number of nitrogens with zero attached hydrogens (tertiary/aromatic N) is 1. The molecule has 1 aliphatic heterocycles. The van der Waals surface area contributed by atoms with Gasteiger partial charge in [0.15, 0.2) is 0 Å². The van der Waals surface area contributed by atoms with E-state index in [0.29, 0.717) is 13.1 Å². The van der Waals surface area contributed by atoms with Gasteiger partial charge in [-0.3, -0.25) is 4.90 Å². The number of rotatable bonds is 2. The monoisotopic (exact) mass is 353 g/mol. The van der Waals surface area contributed by atoms with Crippen LogP contribution in [0.3, 0.4) is 0 Å². The quantitative estimate of drug-likeness (QED) is 0.774. The third kappa shape index (κ3) is 3.25. The molecular formula is C11H11Br2F2N. The lowest BCUT2D eigenvalue weighted by atomic mass is 10.2. The summed E-state index contributed by atoms with van der Waals surface area (Å²) < 4.78 is 27.9. The van der Waals surface area contributed by atoms with Crippen molar-refractivity contribution in [2.24, 2.45) is 0 Å². The van der Waals surface area contributed by atoms with Gasteiger partial charge in [0.25, 0.3) is 5.92 Å². The van der Waals surface area contributed by atoms with Gasteiger partial charge in [0.2, 0.25) is 0 Å². The van der Waals surface area contributed by atoms with Crippen molar-refractivity contribution in [1.29, 1.82) is 0 Å². The van der Waals surface area contributed by atoms with E-state index >= 15 is 0 Å². The zero-order valence-corrected chi connectivity index (χ0v) is 11.7. The minimum atomic E-state index is -2.51. The first-order chi connectivity index (χ1) is 7.44. The molecule has 88 valence electrons. The maximum Gasteiger partial charge on any atom is 0.261 e. The second-order valence-corrected chi connectivity index (χ2v) is 5.93. The maximum absolute atomic E-state index is 13.0. The average Bonchev–Trinajstić information content (AvgIpc) is 2.43. The first kappa shape index (κ1) is 12.5. The van der Waals surface area contributed by atoms with Crippen molar-refractivity contribution in [2.45, 2.75) is 18.9 Å². The van der Waals surface area contributed by atoms with Gasteiger partial charge in [0.05, 0.1) is 6.54 Å². The number of likely N-dealkylation sites (tertiary alicyclic amines) is 1. The van der Waals surface area contributed by atoms with E-state index in [1.54, 1.807) is 4.90 Å². The molecule has 0 saturated carbocycles. The Morgan fingerprint density at radius 1 is 1.19 bits per heavy atom. The van der Waals surface area contributed by atoms with Crippen molar-refractivity contribution >= 4 is 31.9 Å². The van der Waals surface area contributed by atoms with Crippen LogP contribution in [0.2, 0.25) is 0 Å². The lowest BCUT2D eigenvalue weighted by molar-refractivity contribution is 0.0115. The van der Waals surface area contributed by atoms with Gasteiger partial charge in [0.1, 0.15) is 0 Å². The Hall–Kier alpha value is -0.000000000000000111. The lowest BCUT2D eigenvalue weighted by Gasteiger charge is -2.15. The molecule has 5 heteroatoms. The Bertz CT molecular complexity index is 375. The molecule has 1 aliphatic rings. The molecule has 0 unspecified atom stereocenters. The maximum atomic E-state index is 13.0. The molecule has 1 aromatic carbocycles. The molecule has 0 radical (unpaired) electrons. The molecule has 0 atom stereocenters. The van der Waals surface area contributed by atoms with Crippen LogP contribution < -0.4 is 0 Å². The molecule has 1 saturated heterocycles. The van der Waals surface area contributed by atoms with E-state index in [1.165, 1.54) is 0 Å². The van der Waals surface area contributed by atoms with Crippen LogP contribution in [-0.4, -0.2) is 23.9 Å². The van der Waals surface area contributed by atoms with Crippen LogP contribution >= 0.6 is 31.9 Å². The summed E-state index contributed by atoms with van der Waals surface area (Å²) in [6.45, 7) is 0.919. The smallest absolute Gasteiger partial charge is 0.261 e. The van der Waals surface area contributed by atoms with Gasteiger partial charge >= 0.3 is 0 Å². The first-order valence-electron chi connectivity index (χ1n) is 5.00.